The molecule has 3 rings (SSSR count). The van der Waals surface area contributed by atoms with Crippen molar-refractivity contribution in [3.8, 4) is 11.5 Å². The van der Waals surface area contributed by atoms with Crippen LogP contribution in [0.15, 0.2) is 48.5 Å². The summed E-state index contributed by atoms with van der Waals surface area (Å²) in [5.74, 6) is 1.50. The van der Waals surface area contributed by atoms with Crippen LogP contribution in [0.25, 0.3) is 0 Å². The average Bonchev–Trinajstić information content (AvgIpc) is 2.82. The molecule has 0 radical (unpaired) electrons. The molecule has 0 aliphatic carbocycles. The normalized spacial score (nSPS) is 14.8. The lowest BCUT2D eigenvalue weighted by atomic mass is 10.1. The fraction of sp³-hybridized carbons (Fsp3) is 0.417. The summed E-state index contributed by atoms with van der Waals surface area (Å²) in [4.78, 5) is 29.0. The Labute approximate surface area is 183 Å². The fourth-order valence-corrected chi connectivity index (χ4v) is 3.56. The predicted molar refractivity (Wildman–Crippen MR) is 117 cm³/mol. The van der Waals surface area contributed by atoms with Crippen LogP contribution in [0.3, 0.4) is 0 Å². The Balaban J connectivity index is 1.45. The van der Waals surface area contributed by atoms with Gasteiger partial charge >= 0.3 is 0 Å². The van der Waals surface area contributed by atoms with Crippen LogP contribution < -0.4 is 9.47 Å². The van der Waals surface area contributed by atoms with Crippen molar-refractivity contribution in [1.29, 1.82) is 0 Å². The van der Waals surface area contributed by atoms with Gasteiger partial charge in [-0.15, -0.1) is 0 Å². The Morgan fingerprint density at radius 3 is 2.03 bits per heavy atom. The van der Waals surface area contributed by atoms with Gasteiger partial charge in [-0.1, -0.05) is 24.3 Å². The van der Waals surface area contributed by atoms with E-state index in [0.717, 1.165) is 22.6 Å². The van der Waals surface area contributed by atoms with Gasteiger partial charge in [0.1, 0.15) is 17.6 Å². The monoisotopic (exact) mass is 426 g/mol. The number of methoxy groups -OCH3 is 2. The highest BCUT2D eigenvalue weighted by atomic mass is 16.5. The summed E-state index contributed by atoms with van der Waals surface area (Å²) >= 11 is 0. The highest BCUT2D eigenvalue weighted by Crippen LogP contribution is 2.16. The van der Waals surface area contributed by atoms with E-state index in [4.69, 9.17) is 14.2 Å². The van der Waals surface area contributed by atoms with Crippen molar-refractivity contribution in [2.75, 3.05) is 40.4 Å². The molecule has 1 fully saturated rings. The quantitative estimate of drug-likeness (QED) is 0.649. The molecule has 1 aliphatic heterocycles. The maximum absolute atomic E-state index is 12.7. The molecule has 0 spiro atoms. The number of amides is 2. The van der Waals surface area contributed by atoms with Gasteiger partial charge in [0.25, 0.3) is 5.91 Å². The first-order chi connectivity index (χ1) is 15.0. The first kappa shape index (κ1) is 22.6. The van der Waals surface area contributed by atoms with Gasteiger partial charge in [0.05, 0.1) is 27.2 Å². The summed E-state index contributed by atoms with van der Waals surface area (Å²) in [5, 5.41) is 0. The molecule has 166 valence electrons. The van der Waals surface area contributed by atoms with Crippen LogP contribution in [-0.2, 0) is 27.4 Å². The van der Waals surface area contributed by atoms with Crippen LogP contribution >= 0.6 is 0 Å². The second-order valence-corrected chi connectivity index (χ2v) is 7.54. The topological polar surface area (TPSA) is 68.3 Å². The van der Waals surface area contributed by atoms with E-state index in [2.05, 4.69) is 0 Å². The van der Waals surface area contributed by atoms with Crippen molar-refractivity contribution in [2.45, 2.75) is 26.1 Å². The Hall–Kier alpha value is -3.06. The number of piperazine rings is 1. The minimum absolute atomic E-state index is 0.0530. The largest absolute Gasteiger partial charge is 0.497 e. The van der Waals surface area contributed by atoms with Gasteiger partial charge < -0.3 is 24.0 Å². The molecule has 1 saturated heterocycles. The number of carbonyl (C=O) groups is 2. The lowest BCUT2D eigenvalue weighted by Gasteiger charge is -2.36. The number of ether oxygens (including phenoxy) is 3. The summed E-state index contributed by atoms with van der Waals surface area (Å²) in [6.45, 7) is 4.17. The molecule has 7 heteroatoms. The Kier molecular flexibility index (Phi) is 7.89. The highest BCUT2D eigenvalue weighted by Gasteiger charge is 2.27. The molecule has 0 saturated carbocycles. The molecular formula is C24H30N2O5. The summed E-state index contributed by atoms with van der Waals surface area (Å²) < 4.78 is 16.2. The third-order valence-electron chi connectivity index (χ3n) is 5.42. The number of benzene rings is 2. The van der Waals surface area contributed by atoms with Gasteiger partial charge in [0.15, 0.2) is 0 Å². The van der Waals surface area contributed by atoms with Crippen molar-refractivity contribution in [3.05, 3.63) is 59.7 Å². The highest BCUT2D eigenvalue weighted by molar-refractivity contribution is 5.82. The van der Waals surface area contributed by atoms with Crippen molar-refractivity contribution in [2.24, 2.45) is 0 Å². The fourth-order valence-electron chi connectivity index (χ4n) is 3.56. The minimum atomic E-state index is -0.551. The maximum Gasteiger partial charge on any atom is 0.251 e. The van der Waals surface area contributed by atoms with E-state index >= 15 is 0 Å². The molecule has 2 aromatic carbocycles. The van der Waals surface area contributed by atoms with E-state index in [1.54, 1.807) is 26.0 Å². The molecule has 0 bridgehead atoms. The average molecular weight is 427 g/mol. The van der Waals surface area contributed by atoms with Gasteiger partial charge in [0, 0.05) is 26.2 Å². The third-order valence-corrected chi connectivity index (χ3v) is 5.42. The first-order valence-electron chi connectivity index (χ1n) is 10.4. The van der Waals surface area contributed by atoms with Crippen LogP contribution in [-0.4, -0.2) is 68.1 Å². The lowest BCUT2D eigenvalue weighted by molar-refractivity contribution is -0.147. The van der Waals surface area contributed by atoms with Crippen LogP contribution in [0.1, 0.15) is 18.1 Å². The van der Waals surface area contributed by atoms with Crippen LogP contribution in [0, 0.1) is 0 Å². The van der Waals surface area contributed by atoms with E-state index < -0.39 is 6.10 Å². The second-order valence-electron chi connectivity index (χ2n) is 7.54. The number of nitrogens with zero attached hydrogens (tertiary/aromatic N) is 2. The van der Waals surface area contributed by atoms with Crippen molar-refractivity contribution >= 4 is 11.8 Å². The van der Waals surface area contributed by atoms with E-state index in [-0.39, 0.29) is 11.8 Å². The molecule has 1 atom stereocenters. The van der Waals surface area contributed by atoms with Crippen LogP contribution in [0.5, 0.6) is 11.5 Å². The number of rotatable bonds is 8. The van der Waals surface area contributed by atoms with Crippen molar-refractivity contribution < 1.29 is 23.8 Å². The molecule has 2 aromatic rings. The van der Waals surface area contributed by atoms with E-state index in [1.165, 1.54) is 0 Å². The number of hydrogen-bond acceptors (Lipinski definition) is 5. The van der Waals surface area contributed by atoms with E-state index in [9.17, 15) is 9.59 Å². The van der Waals surface area contributed by atoms with Gasteiger partial charge in [-0.3, -0.25) is 9.59 Å². The lowest BCUT2D eigenvalue weighted by Crippen LogP contribution is -2.53. The zero-order valence-electron chi connectivity index (χ0n) is 18.4. The van der Waals surface area contributed by atoms with Gasteiger partial charge in [-0.25, -0.2) is 0 Å². The predicted octanol–water partition coefficient (Wildman–Crippen LogP) is 2.52. The maximum atomic E-state index is 12.7. The molecule has 0 N–H and O–H groups in total. The van der Waals surface area contributed by atoms with Crippen molar-refractivity contribution in [3.63, 3.8) is 0 Å². The Morgan fingerprint density at radius 2 is 1.42 bits per heavy atom. The molecule has 31 heavy (non-hydrogen) atoms. The second kappa shape index (κ2) is 10.8. The van der Waals surface area contributed by atoms with Crippen LogP contribution in [0.2, 0.25) is 0 Å². The summed E-state index contributed by atoms with van der Waals surface area (Å²) in [6.07, 6.45) is -0.226. The number of hydrogen-bond donors (Lipinski definition) is 0. The molecule has 1 heterocycles. The summed E-state index contributed by atoms with van der Waals surface area (Å²) in [6, 6.07) is 15.1. The molecule has 1 aliphatic rings. The third kappa shape index (κ3) is 6.21. The molecule has 1 unspecified atom stereocenters. The van der Waals surface area contributed by atoms with E-state index in [0.29, 0.717) is 39.2 Å². The SMILES string of the molecule is COc1cccc(COC(C)C(=O)N2CCN(C(=O)Cc3cccc(OC)c3)CC2)c1. The Morgan fingerprint density at radius 1 is 0.871 bits per heavy atom. The minimum Gasteiger partial charge on any atom is -0.497 e. The number of carbonyl (C=O) groups excluding carboxylic acids is 2. The Bertz CT molecular complexity index is 893. The zero-order valence-corrected chi connectivity index (χ0v) is 18.4. The summed E-state index contributed by atoms with van der Waals surface area (Å²) in [7, 11) is 3.23. The molecule has 7 nitrogen and oxygen atoms in total. The van der Waals surface area contributed by atoms with Crippen molar-refractivity contribution in [1.82, 2.24) is 9.80 Å². The molecule has 0 aromatic heterocycles. The first-order valence-corrected chi connectivity index (χ1v) is 10.4. The molecule has 2 amide bonds. The summed E-state index contributed by atoms with van der Waals surface area (Å²) in [5.41, 5.74) is 1.87. The van der Waals surface area contributed by atoms with Gasteiger partial charge in [-0.05, 0) is 42.3 Å². The van der Waals surface area contributed by atoms with Gasteiger partial charge in [-0.2, -0.15) is 0 Å². The smallest absolute Gasteiger partial charge is 0.251 e. The standard InChI is InChI=1S/C24H30N2O5/c1-18(31-17-20-7-5-9-22(15-20)30-3)24(28)26-12-10-25(11-13-26)23(27)16-19-6-4-8-21(14-19)29-2/h4-9,14-15,18H,10-13,16-17H2,1-3H3. The zero-order chi connectivity index (χ0) is 22.2. The van der Waals surface area contributed by atoms with E-state index in [1.807, 2.05) is 53.4 Å². The molecular weight excluding hydrogens is 396 g/mol. The van der Waals surface area contributed by atoms with Gasteiger partial charge in [0.2, 0.25) is 5.91 Å². The van der Waals surface area contributed by atoms with Crippen LogP contribution in [0.4, 0.5) is 0 Å².